The highest BCUT2D eigenvalue weighted by molar-refractivity contribution is 14.1. The van der Waals surface area contributed by atoms with Gasteiger partial charge < -0.3 is 47.4 Å². The number of aryl methyl sites for hydroxylation is 2. The summed E-state index contributed by atoms with van der Waals surface area (Å²) >= 11 is 2.15. The second kappa shape index (κ2) is 22.5. The average molecular weight is 1000 g/mol. The molecule has 2 aliphatic rings. The lowest BCUT2D eigenvalue weighted by Gasteiger charge is -2.31. The Kier molecular flexibility index (Phi) is 17.4. The Labute approximate surface area is 394 Å². The van der Waals surface area contributed by atoms with E-state index in [0.717, 1.165) is 84.3 Å². The van der Waals surface area contributed by atoms with Gasteiger partial charge in [0.15, 0.2) is 0 Å². The van der Waals surface area contributed by atoms with Crippen LogP contribution in [-0.2, 0) is 17.6 Å². The fourth-order valence-corrected chi connectivity index (χ4v) is 8.08. The van der Waals surface area contributed by atoms with E-state index in [1.54, 1.807) is 38.7 Å². The lowest BCUT2D eigenvalue weighted by atomic mass is 10.1. The van der Waals surface area contributed by atoms with Crippen molar-refractivity contribution < 1.29 is 32.7 Å². The maximum atomic E-state index is 12.9. The van der Waals surface area contributed by atoms with Crippen molar-refractivity contribution in [1.82, 2.24) is 24.8 Å². The number of quaternary nitrogens is 1. The number of ether oxygens (including phenoxy) is 2. The number of halogens is 1. The molecule has 0 unspecified atom stereocenters. The Bertz CT molecular complexity index is 2700. The number of carboxylic acid groups (broad SMARTS) is 1. The molecule has 0 amide bonds. The summed E-state index contributed by atoms with van der Waals surface area (Å²) in [5, 5.41) is 9.91. The third kappa shape index (κ3) is 12.0. The van der Waals surface area contributed by atoms with Gasteiger partial charge in [0.2, 0.25) is 11.8 Å². The van der Waals surface area contributed by atoms with E-state index in [1.165, 1.54) is 0 Å². The van der Waals surface area contributed by atoms with E-state index in [1.807, 2.05) is 55.2 Å². The highest BCUT2D eigenvalue weighted by atomic mass is 127. The number of pyridine rings is 2. The Morgan fingerprint density at radius 3 is 1.58 bits per heavy atom. The van der Waals surface area contributed by atoms with Gasteiger partial charge in [-0.25, -0.2) is 29.5 Å². The molecule has 0 radical (unpaired) electrons. The van der Waals surface area contributed by atoms with Gasteiger partial charge in [0.05, 0.1) is 74.8 Å². The van der Waals surface area contributed by atoms with Crippen LogP contribution in [0.2, 0.25) is 0 Å². The number of rotatable bonds is 10. The molecule has 2 fully saturated rings. The average Bonchev–Trinajstić information content (AvgIpc) is 4.01. The molecule has 348 valence electrons. The van der Waals surface area contributed by atoms with Gasteiger partial charge in [-0.05, 0) is 92.7 Å². The first-order chi connectivity index (χ1) is 31.1. The van der Waals surface area contributed by atoms with Gasteiger partial charge in [0, 0.05) is 62.6 Å². The first kappa shape index (κ1) is 50.3. The molecule has 0 N–H and O–H groups in total. The molecule has 6 aromatic rings. The van der Waals surface area contributed by atoms with E-state index in [9.17, 15) is 9.59 Å². The largest absolute Gasteiger partial charge is 0.550 e. The van der Waals surface area contributed by atoms with Crippen molar-refractivity contribution >= 4 is 62.0 Å². The number of methoxy groups -OCH3 is 2. The van der Waals surface area contributed by atoms with Crippen LogP contribution in [0.15, 0.2) is 79.3 Å². The van der Waals surface area contributed by atoms with E-state index < -0.39 is 5.97 Å². The summed E-state index contributed by atoms with van der Waals surface area (Å²) in [6.07, 6.45) is 7.07. The number of carboxylic acids is 1. The molecule has 2 aromatic carbocycles. The van der Waals surface area contributed by atoms with Crippen molar-refractivity contribution in [2.45, 2.75) is 58.5 Å². The molecule has 0 saturated carbocycles. The monoisotopic (exact) mass is 1000 g/mol. The number of likely N-dealkylation sites (N-methyl/N-ethyl adjacent to an activating group) is 2. The predicted octanol–water partition coefficient (Wildman–Crippen LogP) is 5.87. The van der Waals surface area contributed by atoms with Gasteiger partial charge in [0.1, 0.15) is 29.2 Å². The van der Waals surface area contributed by atoms with E-state index in [2.05, 4.69) is 87.5 Å². The molecular weight excluding hydrogens is 943 g/mol. The van der Waals surface area contributed by atoms with Gasteiger partial charge in [-0.2, -0.15) is 0 Å². The minimum Gasteiger partial charge on any atom is -0.550 e. The van der Waals surface area contributed by atoms with Crippen molar-refractivity contribution in [3.05, 3.63) is 92.9 Å². The third-order valence-corrected chi connectivity index (χ3v) is 11.6. The van der Waals surface area contributed by atoms with Crippen LogP contribution in [0.1, 0.15) is 44.7 Å². The number of benzene rings is 2. The molecule has 65 heavy (non-hydrogen) atoms. The Morgan fingerprint density at radius 2 is 1.22 bits per heavy atom. The summed E-state index contributed by atoms with van der Waals surface area (Å²) in [4.78, 5) is 61.9. The molecule has 2 aliphatic heterocycles. The summed E-state index contributed by atoms with van der Waals surface area (Å²) in [5.74, 6) is 2.46. The lowest BCUT2D eigenvalue weighted by Crippen LogP contribution is -2.46. The first-order valence-electron chi connectivity index (χ1n) is 21.5. The molecule has 2 saturated heterocycles. The summed E-state index contributed by atoms with van der Waals surface area (Å²) in [7, 11) is 14.1. The van der Waals surface area contributed by atoms with Crippen molar-refractivity contribution in [2.75, 3.05) is 90.4 Å². The van der Waals surface area contributed by atoms with Crippen LogP contribution in [-0.4, -0.2) is 128 Å². The summed E-state index contributed by atoms with van der Waals surface area (Å²) in [6.45, 7) is 8.56. The fraction of sp³-hybridized carbons (Fsp3) is 0.438. The maximum absolute atomic E-state index is 12.9. The number of aliphatic carboxylic acids is 1. The third-order valence-electron chi connectivity index (χ3n) is 11.6. The number of fused-ring (bicyclic) bond motifs is 2. The van der Waals surface area contributed by atoms with Crippen molar-refractivity contribution in [3.8, 4) is 34.4 Å². The number of alkyl halides is 1. The standard InChI is InChI=1S/C23H29N4O3.C22H26N4O3.C2H4O2.CH3I/c1-6-15-12-17(29-5)13-19-20(15)23(28)30-22(25-19)18-8-7-10-24-21(18)26-11-9-16(14-26)27(2,3)4;1-5-14-11-16(28-4)12-18-19(14)22(27)29-21(24-18)17-7-6-9-23-20(17)26-10-8-15(13-26)25(2)3;1-2(3)4;1-2/h7-8,10,12-13,16H,6,9,11,14H2,1-5H3;6-7,9,11-12,15H,5,8,10,13H2,1-4H3;1H3,(H,3,4);1H3/q+1;;;/p-1/t16-;15-;;/m00../s1. The molecule has 16 nitrogen and oxygen atoms in total. The highest BCUT2D eigenvalue weighted by Gasteiger charge is 2.34. The molecule has 4 aromatic heterocycles. The molecule has 8 rings (SSSR count). The van der Waals surface area contributed by atoms with E-state index in [-0.39, 0.29) is 17.1 Å². The van der Waals surface area contributed by atoms with Gasteiger partial charge in [-0.1, -0.05) is 36.4 Å². The highest BCUT2D eigenvalue weighted by Crippen LogP contribution is 2.34. The van der Waals surface area contributed by atoms with Crippen molar-refractivity contribution in [3.63, 3.8) is 0 Å². The first-order valence-corrected chi connectivity index (χ1v) is 23.7. The molecule has 17 heteroatoms. The summed E-state index contributed by atoms with van der Waals surface area (Å²) in [5.41, 5.74) is 3.60. The molecule has 0 aliphatic carbocycles. The summed E-state index contributed by atoms with van der Waals surface area (Å²) in [6, 6.07) is 15.8. The van der Waals surface area contributed by atoms with Gasteiger partial charge in [0.25, 0.3) is 0 Å². The minimum absolute atomic E-state index is 0.286. The van der Waals surface area contributed by atoms with E-state index >= 15 is 0 Å². The smallest absolute Gasteiger partial charge is 0.347 e. The molecule has 0 bridgehead atoms. The number of aromatic nitrogens is 4. The number of nitrogens with zero attached hydrogens (tertiary/aromatic N) is 8. The van der Waals surface area contributed by atoms with Crippen LogP contribution in [0.4, 0.5) is 11.6 Å². The summed E-state index contributed by atoms with van der Waals surface area (Å²) < 4.78 is 23.1. The predicted molar refractivity (Wildman–Crippen MR) is 262 cm³/mol. The molecule has 2 atom stereocenters. The second-order valence-electron chi connectivity index (χ2n) is 16.8. The van der Waals surface area contributed by atoms with Crippen molar-refractivity contribution in [2.24, 2.45) is 0 Å². The lowest BCUT2D eigenvalue weighted by molar-refractivity contribution is -0.893. The normalized spacial score (nSPS) is 15.8. The van der Waals surface area contributed by atoms with Crippen LogP contribution in [0, 0.1) is 0 Å². The number of anilines is 2. The minimum atomic E-state index is -1.08. The fourth-order valence-electron chi connectivity index (χ4n) is 8.08. The number of hydrogen-bond donors (Lipinski definition) is 0. The van der Waals surface area contributed by atoms with Crippen LogP contribution in [0.3, 0.4) is 0 Å². The van der Waals surface area contributed by atoms with Crippen LogP contribution >= 0.6 is 22.6 Å². The Morgan fingerprint density at radius 1 is 0.785 bits per heavy atom. The van der Waals surface area contributed by atoms with E-state index in [4.69, 9.17) is 33.2 Å². The number of carbonyl (C=O) groups excluding carboxylic acids is 1. The maximum Gasteiger partial charge on any atom is 0.347 e. The zero-order valence-electron chi connectivity index (χ0n) is 39.3. The second-order valence-corrected chi connectivity index (χ2v) is 16.8. The van der Waals surface area contributed by atoms with Gasteiger partial charge >= 0.3 is 11.3 Å². The van der Waals surface area contributed by atoms with Gasteiger partial charge in [-0.3, -0.25) is 0 Å². The quantitative estimate of drug-likeness (QED) is 0.0902. The molecular formula is C48H61IN8O8. The van der Waals surface area contributed by atoms with Crippen LogP contribution in [0.5, 0.6) is 11.5 Å². The zero-order valence-corrected chi connectivity index (χ0v) is 41.5. The number of carbonyl (C=O) groups is 1. The molecule has 0 spiro atoms. The van der Waals surface area contributed by atoms with Crippen LogP contribution < -0.4 is 35.6 Å². The van der Waals surface area contributed by atoms with Crippen molar-refractivity contribution in [1.29, 1.82) is 0 Å². The van der Waals surface area contributed by atoms with Crippen LogP contribution in [0.25, 0.3) is 44.7 Å². The zero-order chi connectivity index (χ0) is 47.6. The Balaban J connectivity index is 0.000000218. The number of hydrogen-bond acceptors (Lipinski definition) is 15. The SMILES string of the molecule is CC(=O)[O-].CCc1cc(OC)cc2nc(-c3cccnc3N3CC[C@H](N(C)C)C3)oc(=O)c12.CCc1cc(OC)cc2nc(-c3cccnc3N3CC[C@H]([N+](C)(C)C)C3)oc(=O)c12.CI. The topological polar surface area (TPSA) is 180 Å². The molecule has 6 heterocycles. The van der Waals surface area contributed by atoms with Gasteiger partial charge in [-0.15, -0.1) is 0 Å². The van der Waals surface area contributed by atoms with E-state index in [0.29, 0.717) is 64.1 Å². The Hall–Kier alpha value is -5.66.